The van der Waals surface area contributed by atoms with Crippen LogP contribution >= 0.6 is 0 Å². The third-order valence-electron chi connectivity index (χ3n) is 2.76. The Morgan fingerprint density at radius 3 is 2.53 bits per heavy atom. The molecule has 1 unspecified atom stereocenters. The maximum absolute atomic E-state index is 13.5. The molecule has 0 aliphatic rings. The van der Waals surface area contributed by atoms with Gasteiger partial charge in [-0.3, -0.25) is 0 Å². The van der Waals surface area contributed by atoms with E-state index < -0.39 is 11.6 Å². The van der Waals surface area contributed by atoms with Gasteiger partial charge in [0.2, 0.25) is 0 Å². The summed E-state index contributed by atoms with van der Waals surface area (Å²) in [5, 5.41) is 8.97. The molecule has 0 bridgehead atoms. The van der Waals surface area contributed by atoms with E-state index >= 15 is 0 Å². The predicted molar refractivity (Wildman–Crippen MR) is 63.6 cm³/mol. The Bertz CT molecular complexity index is 424. The summed E-state index contributed by atoms with van der Waals surface area (Å²) >= 11 is 0. The van der Waals surface area contributed by atoms with Crippen molar-refractivity contribution in [2.24, 2.45) is 11.8 Å². The zero-order chi connectivity index (χ0) is 13.0. The van der Waals surface area contributed by atoms with Crippen molar-refractivity contribution in [1.82, 2.24) is 0 Å². The van der Waals surface area contributed by atoms with Crippen molar-refractivity contribution in [1.29, 1.82) is 5.26 Å². The van der Waals surface area contributed by atoms with Gasteiger partial charge >= 0.3 is 0 Å². The van der Waals surface area contributed by atoms with E-state index in [0.29, 0.717) is 6.54 Å². The predicted octanol–water partition coefficient (Wildman–Crippen LogP) is 3.20. The smallest absolute Gasteiger partial charge is 0.146 e. The minimum absolute atomic E-state index is 0.180. The van der Waals surface area contributed by atoms with Crippen molar-refractivity contribution >= 4 is 5.69 Å². The normalized spacial score (nSPS) is 12.3. The quantitative estimate of drug-likeness (QED) is 0.805. The maximum atomic E-state index is 13.5. The molecular formula is C13H16F2N2. The molecule has 0 aliphatic heterocycles. The van der Waals surface area contributed by atoms with E-state index in [1.807, 2.05) is 13.8 Å². The molecule has 0 spiro atoms. The number of nitrogens with zero attached hydrogens (tertiary/aromatic N) is 2. The highest BCUT2D eigenvalue weighted by atomic mass is 19.1. The van der Waals surface area contributed by atoms with Gasteiger partial charge in [-0.05, 0) is 18.1 Å². The van der Waals surface area contributed by atoms with Gasteiger partial charge in [0, 0.05) is 19.7 Å². The summed E-state index contributed by atoms with van der Waals surface area (Å²) < 4.78 is 26.5. The zero-order valence-electron chi connectivity index (χ0n) is 10.2. The van der Waals surface area contributed by atoms with Crippen molar-refractivity contribution in [2.45, 2.75) is 13.8 Å². The van der Waals surface area contributed by atoms with Gasteiger partial charge in [-0.15, -0.1) is 0 Å². The summed E-state index contributed by atoms with van der Waals surface area (Å²) in [5.74, 6) is -0.984. The highest BCUT2D eigenvalue weighted by Crippen LogP contribution is 2.21. The van der Waals surface area contributed by atoms with Crippen LogP contribution in [0, 0.1) is 34.8 Å². The third-order valence-corrected chi connectivity index (χ3v) is 2.76. The average Bonchev–Trinajstić information content (AvgIpc) is 2.28. The molecule has 1 rings (SSSR count). The first-order chi connectivity index (χ1) is 7.95. The topological polar surface area (TPSA) is 27.0 Å². The standard InChI is InChI=1S/C13H16F2N2/c1-9(2)10(7-16)8-17(3)13-6-11(14)4-5-12(13)15/h4-6,9-10H,8H2,1-3H3. The van der Waals surface area contributed by atoms with Crippen LogP contribution in [0.25, 0.3) is 0 Å². The first-order valence-electron chi connectivity index (χ1n) is 5.51. The van der Waals surface area contributed by atoms with Gasteiger partial charge in [-0.1, -0.05) is 13.8 Å². The average molecular weight is 238 g/mol. The van der Waals surface area contributed by atoms with Crippen LogP contribution in [0.15, 0.2) is 18.2 Å². The van der Waals surface area contributed by atoms with Gasteiger partial charge < -0.3 is 4.90 Å². The molecule has 0 aromatic heterocycles. The molecule has 0 saturated heterocycles. The summed E-state index contributed by atoms with van der Waals surface area (Å²) in [4.78, 5) is 1.58. The van der Waals surface area contributed by atoms with Crippen LogP contribution in [0.3, 0.4) is 0 Å². The van der Waals surface area contributed by atoms with E-state index in [-0.39, 0.29) is 17.5 Å². The second-order valence-electron chi connectivity index (χ2n) is 4.46. The maximum Gasteiger partial charge on any atom is 0.146 e. The molecule has 0 aliphatic carbocycles. The van der Waals surface area contributed by atoms with Crippen LogP contribution in [-0.2, 0) is 0 Å². The molecule has 1 atom stereocenters. The highest BCUT2D eigenvalue weighted by Gasteiger charge is 2.17. The van der Waals surface area contributed by atoms with E-state index in [1.54, 1.807) is 11.9 Å². The molecule has 0 N–H and O–H groups in total. The van der Waals surface area contributed by atoms with E-state index in [0.717, 1.165) is 18.2 Å². The van der Waals surface area contributed by atoms with Crippen LogP contribution in [0.5, 0.6) is 0 Å². The van der Waals surface area contributed by atoms with Crippen molar-refractivity contribution in [3.05, 3.63) is 29.8 Å². The molecule has 1 aromatic carbocycles. The minimum Gasteiger partial charge on any atom is -0.371 e. The van der Waals surface area contributed by atoms with Crippen molar-refractivity contribution in [2.75, 3.05) is 18.5 Å². The van der Waals surface area contributed by atoms with Gasteiger partial charge in [-0.25, -0.2) is 8.78 Å². The monoisotopic (exact) mass is 238 g/mol. The van der Waals surface area contributed by atoms with Crippen LogP contribution in [-0.4, -0.2) is 13.6 Å². The molecule has 92 valence electrons. The molecule has 2 nitrogen and oxygen atoms in total. The Kier molecular flexibility index (Phi) is 4.45. The van der Waals surface area contributed by atoms with Crippen molar-refractivity contribution in [3.8, 4) is 6.07 Å². The lowest BCUT2D eigenvalue weighted by Crippen LogP contribution is -2.28. The number of halogens is 2. The second-order valence-corrected chi connectivity index (χ2v) is 4.46. The Morgan fingerprint density at radius 1 is 1.35 bits per heavy atom. The van der Waals surface area contributed by atoms with Crippen LogP contribution < -0.4 is 4.90 Å². The first-order valence-corrected chi connectivity index (χ1v) is 5.51. The van der Waals surface area contributed by atoms with Crippen molar-refractivity contribution in [3.63, 3.8) is 0 Å². The number of benzene rings is 1. The molecule has 0 fully saturated rings. The van der Waals surface area contributed by atoms with Gasteiger partial charge in [0.1, 0.15) is 11.6 Å². The summed E-state index contributed by atoms with van der Waals surface area (Å²) in [6, 6.07) is 5.50. The number of rotatable bonds is 4. The minimum atomic E-state index is -0.480. The van der Waals surface area contributed by atoms with E-state index in [9.17, 15) is 8.78 Å². The lowest BCUT2D eigenvalue weighted by Gasteiger charge is -2.24. The van der Waals surface area contributed by atoms with E-state index in [4.69, 9.17) is 5.26 Å². The zero-order valence-corrected chi connectivity index (χ0v) is 10.2. The van der Waals surface area contributed by atoms with Gasteiger partial charge in [0.15, 0.2) is 0 Å². The summed E-state index contributed by atoms with van der Waals surface area (Å²) in [6.07, 6.45) is 0. The van der Waals surface area contributed by atoms with Crippen molar-refractivity contribution < 1.29 is 8.78 Å². The van der Waals surface area contributed by atoms with Gasteiger partial charge in [0.25, 0.3) is 0 Å². The lowest BCUT2D eigenvalue weighted by atomic mass is 9.97. The molecule has 0 radical (unpaired) electrons. The molecular weight excluding hydrogens is 222 g/mol. The second kappa shape index (κ2) is 5.62. The Balaban J connectivity index is 2.86. The number of nitriles is 1. The van der Waals surface area contributed by atoms with Crippen LogP contribution in [0.4, 0.5) is 14.5 Å². The van der Waals surface area contributed by atoms with Crippen LogP contribution in [0.2, 0.25) is 0 Å². The molecule has 0 saturated carbocycles. The number of hydrogen-bond acceptors (Lipinski definition) is 2. The lowest BCUT2D eigenvalue weighted by molar-refractivity contribution is 0.474. The number of anilines is 1. The Labute approximate surface area is 100 Å². The Hall–Kier alpha value is -1.63. The number of hydrogen-bond donors (Lipinski definition) is 0. The highest BCUT2D eigenvalue weighted by molar-refractivity contribution is 5.47. The molecule has 0 amide bonds. The molecule has 4 heteroatoms. The Morgan fingerprint density at radius 2 is 2.00 bits per heavy atom. The fraction of sp³-hybridized carbons (Fsp3) is 0.462. The fourth-order valence-electron chi connectivity index (χ4n) is 1.57. The molecule has 1 aromatic rings. The fourth-order valence-corrected chi connectivity index (χ4v) is 1.57. The van der Waals surface area contributed by atoms with Gasteiger partial charge in [-0.2, -0.15) is 5.26 Å². The van der Waals surface area contributed by atoms with Crippen LogP contribution in [0.1, 0.15) is 13.8 Å². The summed E-state index contributed by atoms with van der Waals surface area (Å²) in [7, 11) is 1.66. The SMILES string of the molecule is CC(C)C(C#N)CN(C)c1cc(F)ccc1F. The first kappa shape index (κ1) is 13.4. The summed E-state index contributed by atoms with van der Waals surface area (Å²) in [5.41, 5.74) is 0.186. The largest absolute Gasteiger partial charge is 0.371 e. The van der Waals surface area contributed by atoms with E-state index in [2.05, 4.69) is 6.07 Å². The van der Waals surface area contributed by atoms with E-state index in [1.165, 1.54) is 0 Å². The van der Waals surface area contributed by atoms with Gasteiger partial charge in [0.05, 0.1) is 17.7 Å². The third kappa shape index (κ3) is 3.42. The molecule has 0 heterocycles. The molecule has 17 heavy (non-hydrogen) atoms. The summed E-state index contributed by atoms with van der Waals surface area (Å²) in [6.45, 7) is 4.25.